The molecule has 0 aromatic heterocycles. The summed E-state index contributed by atoms with van der Waals surface area (Å²) in [5, 5.41) is 2.88. The van der Waals surface area contributed by atoms with Crippen molar-refractivity contribution < 1.29 is 23.7 Å². The van der Waals surface area contributed by atoms with Crippen molar-refractivity contribution in [3.8, 4) is 5.75 Å². The van der Waals surface area contributed by atoms with Gasteiger partial charge in [-0.2, -0.15) is 0 Å². The smallest absolute Gasteiger partial charge is 0.411 e. The molecule has 1 aliphatic heterocycles. The maximum atomic E-state index is 12.3. The number of methoxy groups -OCH3 is 2. The molecule has 1 atom stereocenters. The molecular formula is C25H30N2O5. The largest absolute Gasteiger partial charge is 0.497 e. The Kier molecular flexibility index (Phi) is 6.53. The zero-order chi connectivity index (χ0) is 22.7. The van der Waals surface area contributed by atoms with Crippen LogP contribution in [-0.2, 0) is 14.2 Å². The second kappa shape index (κ2) is 9.51. The molecule has 3 aliphatic rings. The van der Waals surface area contributed by atoms with Crippen molar-refractivity contribution in [1.29, 1.82) is 0 Å². The first kappa shape index (κ1) is 22.0. The van der Waals surface area contributed by atoms with E-state index in [2.05, 4.69) is 10.3 Å². The fourth-order valence-electron chi connectivity index (χ4n) is 4.31. The summed E-state index contributed by atoms with van der Waals surface area (Å²) in [5.74, 6) is 2.93. The van der Waals surface area contributed by atoms with Crippen LogP contribution < -0.4 is 10.1 Å². The maximum absolute atomic E-state index is 12.3. The summed E-state index contributed by atoms with van der Waals surface area (Å²) in [5.41, 5.74) is 3.42. The van der Waals surface area contributed by atoms with Crippen LogP contribution in [0, 0.1) is 19.8 Å². The van der Waals surface area contributed by atoms with Crippen LogP contribution in [0.3, 0.4) is 0 Å². The predicted octanol–water partition coefficient (Wildman–Crippen LogP) is 5.55. The highest BCUT2D eigenvalue weighted by molar-refractivity contribution is 5.86. The van der Waals surface area contributed by atoms with Gasteiger partial charge in [0.2, 0.25) is 0 Å². The van der Waals surface area contributed by atoms with Gasteiger partial charge in [-0.3, -0.25) is 10.3 Å². The Bertz CT molecular complexity index is 1020. The van der Waals surface area contributed by atoms with Crippen LogP contribution in [0.5, 0.6) is 5.75 Å². The number of allylic oxidation sites excluding steroid dienone is 3. The van der Waals surface area contributed by atoms with Crippen LogP contribution in [-0.4, -0.2) is 32.6 Å². The van der Waals surface area contributed by atoms with Crippen molar-refractivity contribution in [2.45, 2.75) is 52.1 Å². The SMILES string of the molecule is COC1=C(OC)CC2C(=C1)N=CC=C2Oc1cc(C)c(NC(=O)OC2CCCC2)cc1C. The monoisotopic (exact) mass is 438 g/mol. The lowest BCUT2D eigenvalue weighted by Crippen LogP contribution is -2.21. The van der Waals surface area contributed by atoms with Gasteiger partial charge in [0.15, 0.2) is 5.76 Å². The summed E-state index contributed by atoms with van der Waals surface area (Å²) in [6.45, 7) is 3.90. The molecule has 0 spiro atoms. The van der Waals surface area contributed by atoms with Gasteiger partial charge in [0.05, 0.1) is 25.8 Å². The van der Waals surface area contributed by atoms with Gasteiger partial charge < -0.3 is 18.9 Å². The number of hydrogen-bond acceptors (Lipinski definition) is 6. The molecule has 1 N–H and O–H groups in total. The van der Waals surface area contributed by atoms with Crippen LogP contribution in [0.15, 0.2) is 52.3 Å². The zero-order valence-corrected chi connectivity index (χ0v) is 19.1. The molecule has 0 saturated heterocycles. The first-order valence-electron chi connectivity index (χ1n) is 11.0. The number of carbonyl (C=O) groups excluding carboxylic acids is 1. The van der Waals surface area contributed by atoms with Crippen LogP contribution in [0.1, 0.15) is 43.2 Å². The summed E-state index contributed by atoms with van der Waals surface area (Å²) in [6.07, 6.45) is 9.88. The highest BCUT2D eigenvalue weighted by atomic mass is 16.6. The Labute approximate surface area is 188 Å². The first-order valence-corrected chi connectivity index (χ1v) is 11.0. The fourth-order valence-corrected chi connectivity index (χ4v) is 4.31. The number of nitrogens with one attached hydrogen (secondary N) is 1. The number of benzene rings is 1. The van der Waals surface area contributed by atoms with Gasteiger partial charge in [0, 0.05) is 24.4 Å². The number of aryl methyl sites for hydroxylation is 2. The number of aliphatic imine (C=N–C) groups is 1. The van der Waals surface area contributed by atoms with E-state index in [-0.39, 0.29) is 12.0 Å². The minimum Gasteiger partial charge on any atom is -0.497 e. The molecule has 0 radical (unpaired) electrons. The quantitative estimate of drug-likeness (QED) is 0.630. The molecule has 7 heteroatoms. The lowest BCUT2D eigenvalue weighted by Gasteiger charge is -2.28. The summed E-state index contributed by atoms with van der Waals surface area (Å²) in [6, 6.07) is 3.85. The van der Waals surface area contributed by atoms with Crippen molar-refractivity contribution in [3.63, 3.8) is 0 Å². The molecule has 1 unspecified atom stereocenters. The molecule has 32 heavy (non-hydrogen) atoms. The molecule has 170 valence electrons. The molecule has 1 aromatic carbocycles. The minimum atomic E-state index is -0.399. The van der Waals surface area contributed by atoms with E-state index < -0.39 is 6.09 Å². The van der Waals surface area contributed by atoms with Gasteiger partial charge in [0.25, 0.3) is 0 Å². The normalized spacial score (nSPS) is 20.3. The topological polar surface area (TPSA) is 78.4 Å². The van der Waals surface area contributed by atoms with E-state index in [9.17, 15) is 4.79 Å². The first-order chi connectivity index (χ1) is 15.5. The van der Waals surface area contributed by atoms with Crippen molar-refractivity contribution in [1.82, 2.24) is 0 Å². The average Bonchev–Trinajstić information content (AvgIpc) is 3.29. The molecule has 1 aromatic rings. The van der Waals surface area contributed by atoms with E-state index in [1.54, 1.807) is 20.4 Å². The molecular weight excluding hydrogens is 408 g/mol. The summed E-state index contributed by atoms with van der Waals surface area (Å²) < 4.78 is 22.8. The molecule has 1 fully saturated rings. The summed E-state index contributed by atoms with van der Waals surface area (Å²) >= 11 is 0. The molecule has 1 heterocycles. The molecule has 1 saturated carbocycles. The van der Waals surface area contributed by atoms with Crippen molar-refractivity contribution in [2.24, 2.45) is 10.9 Å². The van der Waals surface area contributed by atoms with Gasteiger partial charge in [-0.25, -0.2) is 4.79 Å². The molecule has 7 nitrogen and oxygen atoms in total. The number of hydrogen-bond donors (Lipinski definition) is 1. The van der Waals surface area contributed by atoms with Gasteiger partial charge >= 0.3 is 6.09 Å². The van der Waals surface area contributed by atoms with Crippen molar-refractivity contribution >= 4 is 18.0 Å². The number of rotatable bonds is 6. The number of dihydropyridines is 1. The Morgan fingerprint density at radius 3 is 2.59 bits per heavy atom. The highest BCUT2D eigenvalue weighted by Crippen LogP contribution is 2.39. The van der Waals surface area contributed by atoms with Crippen LogP contribution in [0.25, 0.3) is 0 Å². The molecule has 4 rings (SSSR count). The third kappa shape index (κ3) is 4.66. The maximum Gasteiger partial charge on any atom is 0.411 e. The Morgan fingerprint density at radius 1 is 1.09 bits per heavy atom. The van der Waals surface area contributed by atoms with E-state index in [1.165, 1.54) is 0 Å². The van der Waals surface area contributed by atoms with E-state index in [0.29, 0.717) is 12.2 Å². The summed E-state index contributed by atoms with van der Waals surface area (Å²) in [4.78, 5) is 16.8. The van der Waals surface area contributed by atoms with Crippen LogP contribution in [0.2, 0.25) is 0 Å². The third-order valence-electron chi connectivity index (χ3n) is 6.13. The highest BCUT2D eigenvalue weighted by Gasteiger charge is 2.31. The number of amides is 1. The number of fused-ring (bicyclic) bond motifs is 1. The van der Waals surface area contributed by atoms with Gasteiger partial charge in [-0.1, -0.05) is 0 Å². The molecule has 0 bridgehead atoms. The van der Waals surface area contributed by atoms with E-state index in [4.69, 9.17) is 18.9 Å². The molecule has 1 amide bonds. The van der Waals surface area contributed by atoms with E-state index in [0.717, 1.165) is 65.5 Å². The second-order valence-corrected chi connectivity index (χ2v) is 8.34. The Morgan fingerprint density at radius 2 is 1.88 bits per heavy atom. The number of anilines is 1. The van der Waals surface area contributed by atoms with Crippen LogP contribution in [0.4, 0.5) is 10.5 Å². The summed E-state index contributed by atoms with van der Waals surface area (Å²) in [7, 11) is 3.26. The number of carbonyl (C=O) groups is 1. The minimum absolute atomic E-state index is 0.0290. The number of ether oxygens (including phenoxy) is 4. The number of nitrogens with zero attached hydrogens (tertiary/aromatic N) is 1. The third-order valence-corrected chi connectivity index (χ3v) is 6.13. The van der Waals surface area contributed by atoms with E-state index in [1.807, 2.05) is 38.1 Å². The Hall–Kier alpha value is -3.22. The zero-order valence-electron chi connectivity index (χ0n) is 19.1. The van der Waals surface area contributed by atoms with Crippen molar-refractivity contribution in [3.05, 3.63) is 58.4 Å². The van der Waals surface area contributed by atoms with Crippen LogP contribution >= 0.6 is 0 Å². The van der Waals surface area contributed by atoms with Gasteiger partial charge in [0.1, 0.15) is 23.4 Å². The lowest BCUT2D eigenvalue weighted by atomic mass is 9.91. The predicted molar refractivity (Wildman–Crippen MR) is 123 cm³/mol. The molecule has 2 aliphatic carbocycles. The Balaban J connectivity index is 1.48. The standard InChI is InChI=1S/C25H30N2O5/c1-15-12-22(16(2)11-19(15)27-25(28)31-17-7-5-6-8-17)32-21-9-10-26-20-14-24(30-4)23(29-3)13-18(20)21/h9-12,14,17-18H,5-8,13H2,1-4H3,(H,27,28). The van der Waals surface area contributed by atoms with Gasteiger partial charge in [-0.15, -0.1) is 0 Å². The van der Waals surface area contributed by atoms with E-state index >= 15 is 0 Å². The fraction of sp³-hybridized carbons (Fsp3) is 0.440. The lowest BCUT2D eigenvalue weighted by molar-refractivity contribution is 0.114. The average molecular weight is 439 g/mol. The van der Waals surface area contributed by atoms with Gasteiger partial charge in [-0.05, 0) is 68.9 Å². The second-order valence-electron chi connectivity index (χ2n) is 8.34. The van der Waals surface area contributed by atoms with Crippen molar-refractivity contribution in [2.75, 3.05) is 19.5 Å².